The zero-order valence-corrected chi connectivity index (χ0v) is 19.0. The molecule has 0 amide bonds. The van der Waals surface area contributed by atoms with Gasteiger partial charge in [0, 0.05) is 12.3 Å². The number of aliphatic hydroxyl groups is 1. The van der Waals surface area contributed by atoms with Gasteiger partial charge < -0.3 is 15.7 Å². The molecule has 1 aromatic rings. The lowest BCUT2D eigenvalue weighted by Gasteiger charge is -2.23. The fourth-order valence-electron chi connectivity index (χ4n) is 3.58. The Morgan fingerprint density at radius 3 is 2.77 bits per heavy atom. The van der Waals surface area contributed by atoms with E-state index in [0.717, 1.165) is 30.4 Å². The van der Waals surface area contributed by atoms with E-state index >= 15 is 0 Å². The van der Waals surface area contributed by atoms with Gasteiger partial charge in [-0.25, -0.2) is 0 Å². The average Bonchev–Trinajstić information content (AvgIpc) is 3.06. The van der Waals surface area contributed by atoms with Crippen molar-refractivity contribution in [3.8, 4) is 0 Å². The standard InChI is InChI=1S/C20H31N3OS.HI/c1-3-21-19(22-13-20(24)10-11-25-14-20)23-15(2)17-9-8-16-6-4-5-7-18(16)12-17;/h8-9,12,15,24H,3-7,10-11,13-14H2,1-2H3,(H2,21,22,23);1H. The molecule has 0 aromatic heterocycles. The molecule has 6 heteroatoms. The van der Waals surface area contributed by atoms with E-state index in [9.17, 15) is 5.11 Å². The molecule has 1 aromatic carbocycles. The summed E-state index contributed by atoms with van der Waals surface area (Å²) in [6.07, 6.45) is 5.88. The Morgan fingerprint density at radius 2 is 2.08 bits per heavy atom. The fourth-order valence-corrected chi connectivity index (χ4v) is 4.86. The summed E-state index contributed by atoms with van der Waals surface area (Å²) in [4.78, 5) is 4.65. The Balaban J connectivity index is 0.00000243. The lowest BCUT2D eigenvalue weighted by Crippen LogP contribution is -2.41. The van der Waals surface area contributed by atoms with Crippen LogP contribution >= 0.6 is 35.7 Å². The second kappa shape index (κ2) is 10.2. The van der Waals surface area contributed by atoms with Crippen molar-refractivity contribution in [3.63, 3.8) is 0 Å². The van der Waals surface area contributed by atoms with E-state index in [4.69, 9.17) is 0 Å². The molecule has 0 radical (unpaired) electrons. The van der Waals surface area contributed by atoms with Crippen LogP contribution < -0.4 is 10.6 Å². The van der Waals surface area contributed by atoms with Crippen molar-refractivity contribution < 1.29 is 5.11 Å². The van der Waals surface area contributed by atoms with Gasteiger partial charge in [-0.3, -0.25) is 4.99 Å². The van der Waals surface area contributed by atoms with Gasteiger partial charge >= 0.3 is 0 Å². The van der Waals surface area contributed by atoms with Crippen LogP contribution in [0, 0.1) is 0 Å². The van der Waals surface area contributed by atoms with Crippen LogP contribution in [-0.4, -0.2) is 41.3 Å². The number of aliphatic imine (C=N–C) groups is 1. The maximum atomic E-state index is 10.5. The summed E-state index contributed by atoms with van der Waals surface area (Å²) in [5.74, 6) is 2.61. The first kappa shape index (κ1) is 21.8. The molecular formula is C20H32IN3OS. The molecule has 2 unspecified atom stereocenters. The molecule has 1 saturated heterocycles. The van der Waals surface area contributed by atoms with Crippen molar-refractivity contribution >= 4 is 41.7 Å². The average molecular weight is 489 g/mol. The number of hydrogen-bond acceptors (Lipinski definition) is 3. The Labute approximate surface area is 179 Å². The van der Waals surface area contributed by atoms with Gasteiger partial charge in [0.2, 0.25) is 0 Å². The number of fused-ring (bicyclic) bond motifs is 1. The minimum atomic E-state index is -0.637. The van der Waals surface area contributed by atoms with Crippen molar-refractivity contribution in [2.45, 2.75) is 57.6 Å². The lowest BCUT2D eigenvalue weighted by atomic mass is 9.89. The topological polar surface area (TPSA) is 56.7 Å². The van der Waals surface area contributed by atoms with Crippen LogP contribution in [0.5, 0.6) is 0 Å². The van der Waals surface area contributed by atoms with E-state index in [2.05, 4.69) is 47.7 Å². The SMILES string of the molecule is CCNC(=NCC1(O)CCSC1)NC(C)c1ccc2c(c1)CCCC2.I. The first-order chi connectivity index (χ1) is 12.1. The van der Waals surface area contributed by atoms with E-state index in [1.165, 1.54) is 42.4 Å². The molecule has 3 N–H and O–H groups in total. The number of aryl methyl sites for hydroxylation is 2. The summed E-state index contributed by atoms with van der Waals surface area (Å²) in [6, 6.07) is 7.09. The van der Waals surface area contributed by atoms with E-state index in [1.54, 1.807) is 0 Å². The Kier molecular flexibility index (Phi) is 8.54. The highest BCUT2D eigenvalue weighted by atomic mass is 127. The highest BCUT2D eigenvalue weighted by molar-refractivity contribution is 14.0. The highest BCUT2D eigenvalue weighted by Crippen LogP contribution is 2.28. The molecular weight excluding hydrogens is 457 g/mol. The van der Waals surface area contributed by atoms with Gasteiger partial charge in [-0.1, -0.05) is 18.2 Å². The molecule has 1 fully saturated rings. The van der Waals surface area contributed by atoms with Crippen molar-refractivity contribution in [1.82, 2.24) is 10.6 Å². The van der Waals surface area contributed by atoms with E-state index < -0.39 is 5.60 Å². The third kappa shape index (κ3) is 5.76. The number of hydrogen-bond donors (Lipinski definition) is 3. The molecule has 1 heterocycles. The second-order valence-electron chi connectivity index (χ2n) is 7.32. The Bertz CT molecular complexity index is 617. The lowest BCUT2D eigenvalue weighted by molar-refractivity contribution is 0.0778. The first-order valence-electron chi connectivity index (χ1n) is 9.56. The summed E-state index contributed by atoms with van der Waals surface area (Å²) >= 11 is 1.81. The molecule has 26 heavy (non-hydrogen) atoms. The number of nitrogens with zero attached hydrogens (tertiary/aromatic N) is 1. The van der Waals surface area contributed by atoms with Crippen LogP contribution in [0.15, 0.2) is 23.2 Å². The second-order valence-corrected chi connectivity index (χ2v) is 8.43. The van der Waals surface area contributed by atoms with Gasteiger partial charge in [-0.2, -0.15) is 11.8 Å². The summed E-state index contributed by atoms with van der Waals surface area (Å²) in [5.41, 5.74) is 3.70. The quantitative estimate of drug-likeness (QED) is 0.336. The molecule has 4 nitrogen and oxygen atoms in total. The molecule has 0 spiro atoms. The zero-order chi connectivity index (χ0) is 17.7. The van der Waals surface area contributed by atoms with Crippen LogP contribution in [0.25, 0.3) is 0 Å². The number of guanidine groups is 1. The van der Waals surface area contributed by atoms with Crippen molar-refractivity contribution in [3.05, 3.63) is 34.9 Å². The zero-order valence-electron chi connectivity index (χ0n) is 15.9. The summed E-state index contributed by atoms with van der Waals surface area (Å²) < 4.78 is 0. The number of benzene rings is 1. The predicted molar refractivity (Wildman–Crippen MR) is 123 cm³/mol. The molecule has 0 saturated carbocycles. The number of rotatable bonds is 5. The Hall–Kier alpha value is -0.470. The predicted octanol–water partition coefficient (Wildman–Crippen LogP) is 3.67. The van der Waals surface area contributed by atoms with Gasteiger partial charge in [-0.05, 0) is 68.4 Å². The number of nitrogens with one attached hydrogen (secondary N) is 2. The van der Waals surface area contributed by atoms with Crippen molar-refractivity contribution in [2.75, 3.05) is 24.6 Å². The van der Waals surface area contributed by atoms with E-state index in [-0.39, 0.29) is 30.0 Å². The Morgan fingerprint density at radius 1 is 1.31 bits per heavy atom. The van der Waals surface area contributed by atoms with Gasteiger partial charge in [0.25, 0.3) is 0 Å². The highest BCUT2D eigenvalue weighted by Gasteiger charge is 2.31. The van der Waals surface area contributed by atoms with Gasteiger partial charge in [0.1, 0.15) is 0 Å². The van der Waals surface area contributed by atoms with E-state index in [1.807, 2.05) is 11.8 Å². The largest absolute Gasteiger partial charge is 0.387 e. The minimum absolute atomic E-state index is 0. The maximum Gasteiger partial charge on any atom is 0.191 e. The molecule has 2 aliphatic rings. The molecule has 146 valence electrons. The van der Waals surface area contributed by atoms with Crippen LogP contribution in [0.2, 0.25) is 0 Å². The third-order valence-corrected chi connectivity index (χ3v) is 6.42. The van der Waals surface area contributed by atoms with Crippen LogP contribution in [-0.2, 0) is 12.8 Å². The van der Waals surface area contributed by atoms with Crippen molar-refractivity contribution in [1.29, 1.82) is 0 Å². The smallest absolute Gasteiger partial charge is 0.191 e. The summed E-state index contributed by atoms with van der Waals surface area (Å²) in [5, 5.41) is 17.3. The minimum Gasteiger partial charge on any atom is -0.387 e. The molecule has 2 atom stereocenters. The maximum absolute atomic E-state index is 10.5. The van der Waals surface area contributed by atoms with Crippen LogP contribution in [0.1, 0.15) is 55.8 Å². The van der Waals surface area contributed by atoms with Gasteiger partial charge in [-0.15, -0.1) is 24.0 Å². The third-order valence-electron chi connectivity index (χ3n) is 5.18. The molecule has 0 bridgehead atoms. The fraction of sp³-hybridized carbons (Fsp3) is 0.650. The van der Waals surface area contributed by atoms with Gasteiger partial charge in [0.05, 0.1) is 18.2 Å². The monoisotopic (exact) mass is 489 g/mol. The van der Waals surface area contributed by atoms with E-state index in [0.29, 0.717) is 6.54 Å². The van der Waals surface area contributed by atoms with Crippen LogP contribution in [0.4, 0.5) is 0 Å². The number of thioether (sulfide) groups is 1. The van der Waals surface area contributed by atoms with Crippen molar-refractivity contribution in [2.24, 2.45) is 4.99 Å². The summed E-state index contributed by atoms with van der Waals surface area (Å²) in [7, 11) is 0. The molecule has 1 aliphatic carbocycles. The normalized spacial score (nSPS) is 23.7. The molecule has 3 rings (SSSR count). The first-order valence-corrected chi connectivity index (χ1v) is 10.7. The molecule has 1 aliphatic heterocycles. The summed E-state index contributed by atoms with van der Waals surface area (Å²) in [6.45, 7) is 5.53. The van der Waals surface area contributed by atoms with Crippen LogP contribution in [0.3, 0.4) is 0 Å². The number of halogens is 1. The van der Waals surface area contributed by atoms with Gasteiger partial charge in [0.15, 0.2) is 5.96 Å².